The molecule has 0 atom stereocenters. The molecule has 0 aliphatic rings. The number of alkyl halides is 3. The molecule has 0 aliphatic carbocycles. The van der Waals surface area contributed by atoms with Crippen LogP contribution in [0.5, 0.6) is 0 Å². The maximum absolute atomic E-state index is 12.4. The highest BCUT2D eigenvalue weighted by Crippen LogP contribution is 2.22. The van der Waals surface area contributed by atoms with E-state index in [0.717, 1.165) is 5.56 Å². The van der Waals surface area contributed by atoms with E-state index in [9.17, 15) is 13.2 Å². The zero-order valence-corrected chi connectivity index (χ0v) is 9.80. The van der Waals surface area contributed by atoms with Crippen LogP contribution in [0.4, 0.5) is 18.9 Å². The minimum atomic E-state index is -4.20. The van der Waals surface area contributed by atoms with Gasteiger partial charge in [0.25, 0.3) is 0 Å². The topological polar surface area (TPSA) is 29.3 Å². The number of halogens is 3. The summed E-state index contributed by atoms with van der Waals surface area (Å²) in [4.78, 5) is 1.32. The second-order valence-corrected chi connectivity index (χ2v) is 4.02. The molecule has 0 fully saturated rings. The second-order valence-electron chi connectivity index (χ2n) is 4.02. The summed E-state index contributed by atoms with van der Waals surface area (Å²) in [5, 5.41) is 0. The van der Waals surface area contributed by atoms with Crippen molar-refractivity contribution < 1.29 is 13.2 Å². The lowest BCUT2D eigenvalue weighted by molar-refractivity contribution is -0.119. The molecule has 5 heteroatoms. The quantitative estimate of drug-likeness (QED) is 0.865. The molecule has 0 saturated carbocycles. The van der Waals surface area contributed by atoms with Crippen LogP contribution in [0.25, 0.3) is 0 Å². The molecule has 0 heterocycles. The van der Waals surface area contributed by atoms with E-state index in [2.05, 4.69) is 0 Å². The van der Waals surface area contributed by atoms with Gasteiger partial charge in [-0.3, -0.25) is 0 Å². The fourth-order valence-corrected chi connectivity index (χ4v) is 1.62. The summed E-state index contributed by atoms with van der Waals surface area (Å²) in [5.41, 5.74) is 6.88. The van der Waals surface area contributed by atoms with Crippen molar-refractivity contribution in [3.63, 3.8) is 0 Å². The lowest BCUT2D eigenvalue weighted by Gasteiger charge is -2.26. The van der Waals surface area contributed by atoms with E-state index in [-0.39, 0.29) is 0 Å². The largest absolute Gasteiger partial charge is 0.405 e. The molecule has 1 rings (SSSR count). The predicted molar refractivity (Wildman–Crippen MR) is 63.1 cm³/mol. The van der Waals surface area contributed by atoms with Crippen LogP contribution in [0.3, 0.4) is 0 Å². The molecule has 1 aromatic carbocycles. The Kier molecular flexibility index (Phi) is 4.81. The van der Waals surface area contributed by atoms with Gasteiger partial charge in [0.05, 0.1) is 0 Å². The van der Waals surface area contributed by atoms with Crippen LogP contribution in [0.15, 0.2) is 24.3 Å². The zero-order valence-electron chi connectivity index (χ0n) is 9.80. The van der Waals surface area contributed by atoms with Gasteiger partial charge < -0.3 is 10.6 Å². The molecule has 0 amide bonds. The van der Waals surface area contributed by atoms with Gasteiger partial charge in [-0.15, -0.1) is 0 Å². The van der Waals surface area contributed by atoms with Crippen LogP contribution < -0.4 is 10.6 Å². The Balaban J connectivity index is 2.81. The van der Waals surface area contributed by atoms with Crippen LogP contribution in [0.2, 0.25) is 0 Å². The third kappa shape index (κ3) is 5.08. The van der Waals surface area contributed by atoms with Crippen LogP contribution in [0.1, 0.15) is 12.0 Å². The van der Waals surface area contributed by atoms with E-state index in [4.69, 9.17) is 5.73 Å². The van der Waals surface area contributed by atoms with Gasteiger partial charge in [-0.1, -0.05) is 12.1 Å². The van der Waals surface area contributed by atoms with E-state index in [1.54, 1.807) is 18.2 Å². The van der Waals surface area contributed by atoms with Crippen molar-refractivity contribution in [1.29, 1.82) is 0 Å². The maximum atomic E-state index is 12.4. The number of aryl methyl sites for hydroxylation is 1. The average Bonchev–Trinajstić information content (AvgIpc) is 2.22. The van der Waals surface area contributed by atoms with Crippen LogP contribution in [-0.4, -0.2) is 25.8 Å². The summed E-state index contributed by atoms with van der Waals surface area (Å²) in [6.45, 7) is 1.63. The summed E-state index contributed by atoms with van der Waals surface area (Å²) in [6.07, 6.45) is -3.65. The highest BCUT2D eigenvalue weighted by molar-refractivity contribution is 5.48. The van der Waals surface area contributed by atoms with Gasteiger partial charge in [0, 0.05) is 12.2 Å². The van der Waals surface area contributed by atoms with E-state index in [0.29, 0.717) is 25.2 Å². The number of rotatable bonds is 5. The van der Waals surface area contributed by atoms with Crippen molar-refractivity contribution in [2.45, 2.75) is 19.5 Å². The van der Waals surface area contributed by atoms with Gasteiger partial charge in [-0.25, -0.2) is 0 Å². The number of hydrogen-bond acceptors (Lipinski definition) is 2. The van der Waals surface area contributed by atoms with Gasteiger partial charge in [0.1, 0.15) is 6.54 Å². The van der Waals surface area contributed by atoms with Gasteiger partial charge in [-0.05, 0) is 37.6 Å². The van der Waals surface area contributed by atoms with E-state index < -0.39 is 12.7 Å². The third-order valence-electron chi connectivity index (χ3n) is 2.37. The van der Waals surface area contributed by atoms with E-state index in [1.807, 2.05) is 13.0 Å². The molecule has 0 aromatic heterocycles. The number of nitrogens with two attached hydrogens (primary N) is 1. The minimum Gasteiger partial charge on any atom is -0.363 e. The first-order valence-electron chi connectivity index (χ1n) is 5.51. The second kappa shape index (κ2) is 5.91. The van der Waals surface area contributed by atoms with Crippen molar-refractivity contribution in [1.82, 2.24) is 0 Å². The lowest BCUT2D eigenvalue weighted by Crippen LogP contribution is -2.35. The Labute approximate surface area is 99.2 Å². The van der Waals surface area contributed by atoms with Gasteiger partial charge in [0.15, 0.2) is 0 Å². The van der Waals surface area contributed by atoms with Gasteiger partial charge >= 0.3 is 6.18 Å². The number of benzene rings is 1. The molecule has 0 bridgehead atoms. The standard InChI is InChI=1S/C12H17F3N2/c1-10-4-2-5-11(8-10)17(7-3-6-16)9-12(13,14)15/h2,4-5,8H,3,6-7,9,16H2,1H3. The fraction of sp³-hybridized carbons (Fsp3) is 0.500. The summed E-state index contributed by atoms with van der Waals surface area (Å²) >= 11 is 0. The molecular weight excluding hydrogens is 229 g/mol. The van der Waals surface area contributed by atoms with Crippen molar-refractivity contribution in [2.75, 3.05) is 24.5 Å². The van der Waals surface area contributed by atoms with Crippen LogP contribution >= 0.6 is 0 Å². The number of nitrogens with zero attached hydrogens (tertiary/aromatic N) is 1. The molecule has 17 heavy (non-hydrogen) atoms. The first-order chi connectivity index (χ1) is 7.92. The molecule has 2 N–H and O–H groups in total. The lowest BCUT2D eigenvalue weighted by atomic mass is 10.2. The predicted octanol–water partition coefficient (Wildman–Crippen LogP) is 2.71. The molecule has 0 saturated heterocycles. The first-order valence-corrected chi connectivity index (χ1v) is 5.51. The maximum Gasteiger partial charge on any atom is 0.405 e. The van der Waals surface area contributed by atoms with Gasteiger partial charge in [0.2, 0.25) is 0 Å². The molecule has 0 unspecified atom stereocenters. The van der Waals surface area contributed by atoms with Gasteiger partial charge in [-0.2, -0.15) is 13.2 Å². The summed E-state index contributed by atoms with van der Waals surface area (Å²) in [5.74, 6) is 0. The molecule has 0 spiro atoms. The van der Waals surface area contributed by atoms with Crippen molar-refractivity contribution >= 4 is 5.69 Å². The SMILES string of the molecule is Cc1cccc(N(CCCN)CC(F)(F)F)c1. The van der Waals surface area contributed by atoms with Crippen LogP contribution in [-0.2, 0) is 0 Å². The highest BCUT2D eigenvalue weighted by atomic mass is 19.4. The Morgan fingerprint density at radius 3 is 2.53 bits per heavy atom. The Morgan fingerprint density at radius 2 is 2.00 bits per heavy atom. The zero-order chi connectivity index (χ0) is 12.9. The summed E-state index contributed by atoms with van der Waals surface area (Å²) in [6, 6.07) is 7.06. The first kappa shape index (κ1) is 13.8. The smallest absolute Gasteiger partial charge is 0.363 e. The summed E-state index contributed by atoms with van der Waals surface area (Å²) in [7, 11) is 0. The molecule has 0 aliphatic heterocycles. The fourth-order valence-electron chi connectivity index (χ4n) is 1.62. The Morgan fingerprint density at radius 1 is 1.29 bits per heavy atom. The number of hydrogen-bond donors (Lipinski definition) is 1. The van der Waals surface area contributed by atoms with E-state index in [1.165, 1.54) is 4.90 Å². The van der Waals surface area contributed by atoms with Crippen molar-refractivity contribution in [2.24, 2.45) is 5.73 Å². The Bertz CT molecular complexity index is 350. The average molecular weight is 246 g/mol. The summed E-state index contributed by atoms with van der Waals surface area (Å²) < 4.78 is 37.3. The van der Waals surface area contributed by atoms with Crippen molar-refractivity contribution in [3.05, 3.63) is 29.8 Å². The highest BCUT2D eigenvalue weighted by Gasteiger charge is 2.30. The number of anilines is 1. The van der Waals surface area contributed by atoms with E-state index >= 15 is 0 Å². The third-order valence-corrected chi connectivity index (χ3v) is 2.37. The van der Waals surface area contributed by atoms with Crippen molar-refractivity contribution in [3.8, 4) is 0 Å². The minimum absolute atomic E-state index is 0.319. The molecule has 0 radical (unpaired) electrons. The van der Waals surface area contributed by atoms with Crippen LogP contribution in [0, 0.1) is 6.92 Å². The molecule has 2 nitrogen and oxygen atoms in total. The molecule has 96 valence electrons. The molecule has 1 aromatic rings. The Hall–Kier alpha value is -1.23. The normalized spacial score (nSPS) is 11.6. The molecular formula is C12H17F3N2. The monoisotopic (exact) mass is 246 g/mol.